The van der Waals surface area contributed by atoms with Crippen molar-refractivity contribution in [2.75, 3.05) is 7.11 Å². The van der Waals surface area contributed by atoms with Crippen LogP contribution in [0, 0.1) is 0 Å². The van der Waals surface area contributed by atoms with Crippen molar-refractivity contribution in [3.05, 3.63) is 12.7 Å². The summed E-state index contributed by atoms with van der Waals surface area (Å²) in [7, 11) is -0.758. The monoisotopic (exact) mass is 399 g/mol. The third kappa shape index (κ3) is 5.81. The van der Waals surface area contributed by atoms with Gasteiger partial charge in [-0.25, -0.2) is 9.59 Å². The molecule has 0 radical (unpaired) electrons. The molecule has 6 nitrogen and oxygen atoms in total. The van der Waals surface area contributed by atoms with Crippen LogP contribution in [0.2, 0.25) is 18.1 Å². The van der Waals surface area contributed by atoms with E-state index in [4.69, 9.17) is 13.9 Å². The zero-order valence-electron chi connectivity index (χ0n) is 18.4. The summed E-state index contributed by atoms with van der Waals surface area (Å²) in [6, 6.07) is -1.03. The Bertz CT molecular complexity index is 562. The fourth-order valence-corrected chi connectivity index (χ4v) is 4.31. The van der Waals surface area contributed by atoms with Gasteiger partial charge in [-0.05, 0) is 45.3 Å². The molecule has 156 valence electrons. The Hall–Kier alpha value is -1.34. The topological polar surface area (TPSA) is 65.1 Å². The van der Waals surface area contributed by atoms with Gasteiger partial charge in [0.1, 0.15) is 11.6 Å². The molecular formula is C20H37NO5Si. The van der Waals surface area contributed by atoms with Gasteiger partial charge in [-0.15, -0.1) is 6.58 Å². The molecule has 27 heavy (non-hydrogen) atoms. The van der Waals surface area contributed by atoms with Gasteiger partial charge in [0.25, 0.3) is 0 Å². The summed E-state index contributed by atoms with van der Waals surface area (Å²) in [5.41, 5.74) is -0.658. The van der Waals surface area contributed by atoms with E-state index in [1.54, 1.807) is 26.8 Å². The molecule has 3 atom stereocenters. The van der Waals surface area contributed by atoms with Gasteiger partial charge < -0.3 is 13.9 Å². The van der Waals surface area contributed by atoms with Crippen molar-refractivity contribution >= 4 is 20.4 Å². The van der Waals surface area contributed by atoms with E-state index in [9.17, 15) is 9.59 Å². The lowest BCUT2D eigenvalue weighted by atomic mass is 10.1. The first-order valence-electron chi connectivity index (χ1n) is 9.52. The lowest BCUT2D eigenvalue weighted by Gasteiger charge is -2.40. The highest BCUT2D eigenvalue weighted by atomic mass is 28.4. The minimum atomic E-state index is -2.09. The number of carbonyl (C=O) groups excluding carboxylic acids is 2. The molecule has 0 aromatic rings. The van der Waals surface area contributed by atoms with Gasteiger partial charge in [0.05, 0.1) is 19.3 Å². The van der Waals surface area contributed by atoms with Gasteiger partial charge in [-0.1, -0.05) is 26.8 Å². The van der Waals surface area contributed by atoms with Crippen LogP contribution in [-0.2, 0) is 18.7 Å². The van der Waals surface area contributed by atoms with E-state index in [-0.39, 0.29) is 17.2 Å². The summed E-state index contributed by atoms with van der Waals surface area (Å²) in [4.78, 5) is 26.8. The van der Waals surface area contributed by atoms with Crippen molar-refractivity contribution in [1.29, 1.82) is 0 Å². The van der Waals surface area contributed by atoms with Crippen LogP contribution in [0.5, 0.6) is 0 Å². The molecule has 0 N–H and O–H groups in total. The SMILES string of the molecule is C=CCC1[C@H](O[Si](C)(C)C(C)(C)C)C[C@@H](C(=O)OC)N1C(=O)OC(C)(C)C. The Kier molecular flexibility index (Phi) is 7.33. The smallest absolute Gasteiger partial charge is 0.411 e. The zero-order valence-corrected chi connectivity index (χ0v) is 19.4. The van der Waals surface area contributed by atoms with E-state index in [2.05, 4.69) is 40.4 Å². The van der Waals surface area contributed by atoms with Crippen LogP contribution in [0.4, 0.5) is 4.79 Å². The molecule has 1 fully saturated rings. The molecule has 1 unspecified atom stereocenters. The van der Waals surface area contributed by atoms with Crippen molar-refractivity contribution < 1.29 is 23.5 Å². The minimum absolute atomic E-state index is 0.0197. The molecule has 0 aliphatic carbocycles. The van der Waals surface area contributed by atoms with E-state index >= 15 is 0 Å². The van der Waals surface area contributed by atoms with Crippen LogP contribution >= 0.6 is 0 Å². The predicted octanol–water partition coefficient (Wildman–Crippen LogP) is 4.50. The fourth-order valence-electron chi connectivity index (χ4n) is 2.94. The quantitative estimate of drug-likeness (QED) is 0.387. The summed E-state index contributed by atoms with van der Waals surface area (Å²) >= 11 is 0. The maximum Gasteiger partial charge on any atom is 0.411 e. The van der Waals surface area contributed by atoms with Crippen LogP contribution in [0.3, 0.4) is 0 Å². The number of likely N-dealkylation sites (tertiary alicyclic amines) is 1. The number of methoxy groups -OCH3 is 1. The summed E-state index contributed by atoms with van der Waals surface area (Å²) in [5.74, 6) is -0.448. The number of carbonyl (C=O) groups is 2. The third-order valence-corrected chi connectivity index (χ3v) is 9.82. The first-order valence-corrected chi connectivity index (χ1v) is 12.4. The first-order chi connectivity index (χ1) is 12.1. The minimum Gasteiger partial charge on any atom is -0.467 e. The van der Waals surface area contributed by atoms with Gasteiger partial charge in [0.2, 0.25) is 0 Å². The number of hydrogen-bond donors (Lipinski definition) is 0. The number of nitrogens with zero attached hydrogens (tertiary/aromatic N) is 1. The second-order valence-electron chi connectivity index (χ2n) is 9.67. The van der Waals surface area contributed by atoms with Crippen LogP contribution in [0.25, 0.3) is 0 Å². The summed E-state index contributed by atoms with van der Waals surface area (Å²) < 4.78 is 17.1. The number of amides is 1. The average molecular weight is 400 g/mol. The van der Waals surface area contributed by atoms with Gasteiger partial charge in [-0.3, -0.25) is 4.90 Å². The Morgan fingerprint density at radius 3 is 2.15 bits per heavy atom. The third-order valence-electron chi connectivity index (χ3n) is 5.32. The lowest BCUT2D eigenvalue weighted by Crippen LogP contribution is -2.50. The normalized spacial score (nSPS) is 23.9. The average Bonchev–Trinajstić information content (AvgIpc) is 2.82. The molecule has 1 amide bonds. The molecule has 0 spiro atoms. The predicted molar refractivity (Wildman–Crippen MR) is 109 cm³/mol. The second-order valence-corrected chi connectivity index (χ2v) is 14.4. The molecule has 7 heteroatoms. The highest BCUT2D eigenvalue weighted by molar-refractivity contribution is 6.74. The van der Waals surface area contributed by atoms with E-state index < -0.39 is 32.0 Å². The van der Waals surface area contributed by atoms with E-state index in [1.807, 2.05) is 0 Å². The van der Waals surface area contributed by atoms with Crippen molar-refractivity contribution in [3.63, 3.8) is 0 Å². The maximum absolute atomic E-state index is 12.9. The maximum atomic E-state index is 12.9. The molecule has 0 saturated carbocycles. The van der Waals surface area contributed by atoms with Crippen molar-refractivity contribution in [3.8, 4) is 0 Å². The molecule has 1 rings (SSSR count). The summed E-state index contributed by atoms with van der Waals surface area (Å²) in [6.07, 6.45) is 1.89. The first kappa shape index (κ1) is 23.7. The number of hydrogen-bond acceptors (Lipinski definition) is 5. The van der Waals surface area contributed by atoms with Crippen molar-refractivity contribution in [2.45, 2.75) is 96.3 Å². The van der Waals surface area contributed by atoms with E-state index in [0.29, 0.717) is 12.8 Å². The lowest BCUT2D eigenvalue weighted by molar-refractivity contribution is -0.146. The number of rotatable bonds is 5. The van der Waals surface area contributed by atoms with E-state index in [0.717, 1.165) is 0 Å². The van der Waals surface area contributed by atoms with Crippen LogP contribution in [-0.4, -0.2) is 56.2 Å². The fraction of sp³-hybridized carbons (Fsp3) is 0.800. The molecule has 0 bridgehead atoms. The van der Waals surface area contributed by atoms with Gasteiger partial charge >= 0.3 is 12.1 Å². The Labute approximate surface area is 165 Å². The second kappa shape index (κ2) is 8.35. The van der Waals surface area contributed by atoms with Gasteiger partial charge in [0.15, 0.2) is 8.32 Å². The summed E-state index contributed by atoms with van der Waals surface area (Å²) in [6.45, 7) is 20.1. The van der Waals surface area contributed by atoms with Crippen LogP contribution in [0.15, 0.2) is 12.7 Å². The standard InChI is InChI=1S/C20H37NO5Si/c1-11-12-14-16(26-27(9,10)20(5,6)7)13-15(17(22)24-8)21(14)18(23)25-19(2,3)4/h11,14-16H,1,12-13H2,2-10H3/t14?,15-,16+/m0/s1. The molecule has 1 saturated heterocycles. The van der Waals surface area contributed by atoms with Crippen molar-refractivity contribution in [1.82, 2.24) is 4.90 Å². The summed E-state index contributed by atoms with van der Waals surface area (Å²) in [5, 5.41) is 0.0197. The molecule has 0 aromatic heterocycles. The number of esters is 1. The highest BCUT2D eigenvalue weighted by Gasteiger charge is 2.51. The molecular weight excluding hydrogens is 362 g/mol. The molecule has 1 aliphatic heterocycles. The van der Waals surface area contributed by atoms with Crippen LogP contribution in [0.1, 0.15) is 54.4 Å². The Balaban J connectivity index is 3.25. The van der Waals surface area contributed by atoms with Crippen molar-refractivity contribution in [2.24, 2.45) is 0 Å². The van der Waals surface area contributed by atoms with E-state index in [1.165, 1.54) is 12.0 Å². The Morgan fingerprint density at radius 2 is 1.74 bits per heavy atom. The van der Waals surface area contributed by atoms with Crippen LogP contribution < -0.4 is 0 Å². The number of ether oxygens (including phenoxy) is 2. The largest absolute Gasteiger partial charge is 0.467 e. The zero-order chi connectivity index (χ0) is 21.2. The van der Waals surface area contributed by atoms with Gasteiger partial charge in [0, 0.05) is 6.42 Å². The molecule has 0 aromatic carbocycles. The molecule has 1 aliphatic rings. The van der Waals surface area contributed by atoms with Gasteiger partial charge in [-0.2, -0.15) is 0 Å². The molecule has 1 heterocycles. The highest BCUT2D eigenvalue weighted by Crippen LogP contribution is 2.41. The Morgan fingerprint density at radius 1 is 1.19 bits per heavy atom.